The summed E-state index contributed by atoms with van der Waals surface area (Å²) in [6.45, 7) is 0.263. The third-order valence-electron chi connectivity index (χ3n) is 4.31. The fraction of sp³-hybridized carbons (Fsp3) is 0.500. The molecular formula is C16H19N7O2. The van der Waals surface area contributed by atoms with Crippen LogP contribution >= 0.6 is 0 Å². The highest BCUT2D eigenvalue weighted by molar-refractivity contribution is 5.75. The van der Waals surface area contributed by atoms with Crippen LogP contribution in [0.3, 0.4) is 0 Å². The van der Waals surface area contributed by atoms with Gasteiger partial charge in [-0.2, -0.15) is 10.2 Å². The number of nitrogens with zero attached hydrogens (tertiary/aromatic N) is 7. The maximum atomic E-state index is 12.4. The van der Waals surface area contributed by atoms with Gasteiger partial charge in [-0.1, -0.05) is 0 Å². The first-order chi connectivity index (χ1) is 12.0. The second-order valence-corrected chi connectivity index (χ2v) is 6.16. The average molecular weight is 341 g/mol. The molecule has 0 aliphatic carbocycles. The zero-order valence-electron chi connectivity index (χ0n) is 14.2. The molecule has 1 aliphatic heterocycles. The molecule has 0 spiro atoms. The highest BCUT2D eigenvalue weighted by atomic mass is 16.2. The van der Waals surface area contributed by atoms with E-state index in [1.165, 1.54) is 4.57 Å². The smallest absolute Gasteiger partial charge is 0.295 e. The number of aromatic nitrogens is 4. The van der Waals surface area contributed by atoms with Crippen LogP contribution in [0.25, 0.3) is 5.65 Å². The molecule has 0 atom stereocenters. The van der Waals surface area contributed by atoms with E-state index in [0.717, 1.165) is 0 Å². The number of rotatable bonds is 7. The van der Waals surface area contributed by atoms with Crippen LogP contribution < -0.4 is 5.56 Å². The predicted molar refractivity (Wildman–Crippen MR) is 89.6 cm³/mol. The summed E-state index contributed by atoms with van der Waals surface area (Å²) in [4.78, 5) is 25.9. The summed E-state index contributed by atoms with van der Waals surface area (Å²) >= 11 is 0. The lowest BCUT2D eigenvalue weighted by Crippen LogP contribution is -2.28. The topological polar surface area (TPSA) is 97.2 Å². The number of carbonyl (C=O) groups excluding carboxylic acids is 1. The molecule has 9 nitrogen and oxygen atoms in total. The molecule has 3 heterocycles. The third-order valence-corrected chi connectivity index (χ3v) is 4.31. The fourth-order valence-corrected chi connectivity index (χ4v) is 2.59. The highest BCUT2D eigenvalue weighted by Gasteiger charge is 2.39. The highest BCUT2D eigenvalue weighted by Crippen LogP contribution is 2.37. The Morgan fingerprint density at radius 1 is 1.32 bits per heavy atom. The Morgan fingerprint density at radius 3 is 2.76 bits per heavy atom. The standard InChI is InChI=1S/C16H19N7O2/c1-4-5-7-16(19-20-16)8-6-13(24)22(3)11-12-17-18-14-15(25)21(2)9-10-23(12)14/h1,9-10H,5-8,11H2,2-3H3. The molecule has 0 saturated carbocycles. The molecule has 2 aromatic rings. The molecule has 9 heteroatoms. The van der Waals surface area contributed by atoms with Crippen molar-refractivity contribution in [3.8, 4) is 12.3 Å². The van der Waals surface area contributed by atoms with Crippen LogP contribution in [0.5, 0.6) is 0 Å². The molecule has 3 rings (SSSR count). The van der Waals surface area contributed by atoms with Crippen molar-refractivity contribution in [2.75, 3.05) is 7.05 Å². The van der Waals surface area contributed by atoms with Crippen LogP contribution in [0.4, 0.5) is 0 Å². The van der Waals surface area contributed by atoms with E-state index in [0.29, 0.717) is 31.5 Å². The lowest BCUT2D eigenvalue weighted by molar-refractivity contribution is -0.130. The van der Waals surface area contributed by atoms with Crippen LogP contribution in [0, 0.1) is 12.3 Å². The SMILES string of the molecule is C#CCCC1(CCC(=O)N(C)Cc2nnc3c(=O)n(C)ccn23)N=N1. The molecule has 25 heavy (non-hydrogen) atoms. The molecule has 0 bridgehead atoms. The molecular weight excluding hydrogens is 322 g/mol. The Balaban J connectivity index is 1.62. The van der Waals surface area contributed by atoms with Gasteiger partial charge in [-0.3, -0.25) is 14.0 Å². The quantitative estimate of drug-likeness (QED) is 0.694. The van der Waals surface area contributed by atoms with E-state index in [9.17, 15) is 9.59 Å². The molecule has 0 saturated heterocycles. The normalized spacial score (nSPS) is 14.4. The summed E-state index contributed by atoms with van der Waals surface area (Å²) in [5.41, 5.74) is -0.455. The minimum Gasteiger partial charge on any atom is -0.338 e. The Morgan fingerprint density at radius 2 is 2.08 bits per heavy atom. The van der Waals surface area contributed by atoms with Crippen molar-refractivity contribution in [3.63, 3.8) is 0 Å². The van der Waals surface area contributed by atoms with Crippen molar-refractivity contribution in [1.82, 2.24) is 24.1 Å². The van der Waals surface area contributed by atoms with E-state index in [1.807, 2.05) is 0 Å². The molecule has 1 aliphatic rings. The maximum absolute atomic E-state index is 12.4. The Hall–Kier alpha value is -3.02. The number of amides is 1. The zero-order valence-corrected chi connectivity index (χ0v) is 14.2. The van der Waals surface area contributed by atoms with Crippen molar-refractivity contribution in [3.05, 3.63) is 28.6 Å². The van der Waals surface area contributed by atoms with Gasteiger partial charge < -0.3 is 9.47 Å². The van der Waals surface area contributed by atoms with E-state index in [-0.39, 0.29) is 23.7 Å². The van der Waals surface area contributed by atoms with E-state index in [1.54, 1.807) is 35.8 Å². The largest absolute Gasteiger partial charge is 0.338 e. The molecule has 2 aromatic heterocycles. The second-order valence-electron chi connectivity index (χ2n) is 6.16. The summed E-state index contributed by atoms with van der Waals surface area (Å²) in [6.07, 6.45) is 10.8. The second kappa shape index (κ2) is 6.47. The van der Waals surface area contributed by atoms with E-state index in [2.05, 4.69) is 26.3 Å². The molecule has 0 unspecified atom stereocenters. The third kappa shape index (κ3) is 3.42. The first-order valence-corrected chi connectivity index (χ1v) is 7.96. The molecule has 0 fully saturated rings. The van der Waals surface area contributed by atoms with Gasteiger partial charge in [0, 0.05) is 52.2 Å². The van der Waals surface area contributed by atoms with Gasteiger partial charge in [-0.15, -0.1) is 22.5 Å². The number of aryl methyl sites for hydroxylation is 1. The summed E-state index contributed by atoms with van der Waals surface area (Å²) in [6, 6.07) is 0. The average Bonchev–Trinajstić information content (AvgIpc) is 3.27. The maximum Gasteiger partial charge on any atom is 0.295 e. The Labute approximate surface area is 144 Å². The van der Waals surface area contributed by atoms with Crippen LogP contribution in [0.2, 0.25) is 0 Å². The molecule has 0 N–H and O–H groups in total. The zero-order chi connectivity index (χ0) is 18.0. The van der Waals surface area contributed by atoms with E-state index < -0.39 is 5.66 Å². The van der Waals surface area contributed by atoms with Crippen LogP contribution in [0.1, 0.15) is 31.5 Å². The number of terminal acetylenes is 1. The lowest BCUT2D eigenvalue weighted by Gasteiger charge is -2.17. The molecule has 1 amide bonds. The summed E-state index contributed by atoms with van der Waals surface area (Å²) < 4.78 is 3.03. The van der Waals surface area contributed by atoms with Crippen LogP contribution in [0.15, 0.2) is 27.4 Å². The minimum absolute atomic E-state index is 0.0435. The predicted octanol–water partition coefficient (Wildman–Crippen LogP) is 0.742. The van der Waals surface area contributed by atoms with Gasteiger partial charge in [0.25, 0.3) is 5.56 Å². The van der Waals surface area contributed by atoms with Crippen molar-refractivity contribution in [2.45, 2.75) is 37.9 Å². The summed E-state index contributed by atoms with van der Waals surface area (Å²) in [7, 11) is 3.34. The number of carbonyl (C=O) groups is 1. The van der Waals surface area contributed by atoms with Gasteiger partial charge in [-0.25, -0.2) is 0 Å². The molecule has 130 valence electrons. The molecule has 0 aromatic carbocycles. The number of hydrogen-bond donors (Lipinski definition) is 0. The summed E-state index contributed by atoms with van der Waals surface area (Å²) in [5.74, 6) is 3.06. The van der Waals surface area contributed by atoms with Crippen LogP contribution in [-0.4, -0.2) is 42.7 Å². The van der Waals surface area contributed by atoms with Crippen LogP contribution in [-0.2, 0) is 18.4 Å². The lowest BCUT2D eigenvalue weighted by atomic mass is 10.0. The van der Waals surface area contributed by atoms with Crippen molar-refractivity contribution in [1.29, 1.82) is 0 Å². The van der Waals surface area contributed by atoms with Crippen molar-refractivity contribution in [2.24, 2.45) is 17.3 Å². The summed E-state index contributed by atoms with van der Waals surface area (Å²) in [5, 5.41) is 16.0. The Bertz CT molecular complexity index is 928. The van der Waals surface area contributed by atoms with Crippen molar-refractivity contribution < 1.29 is 4.79 Å². The minimum atomic E-state index is -0.462. The monoisotopic (exact) mass is 341 g/mol. The van der Waals surface area contributed by atoms with Gasteiger partial charge in [0.15, 0.2) is 11.5 Å². The number of fused-ring (bicyclic) bond motifs is 1. The van der Waals surface area contributed by atoms with E-state index >= 15 is 0 Å². The first kappa shape index (κ1) is 16.8. The Kier molecular flexibility index (Phi) is 4.35. The van der Waals surface area contributed by atoms with Gasteiger partial charge >= 0.3 is 0 Å². The van der Waals surface area contributed by atoms with Gasteiger partial charge in [-0.05, 0) is 0 Å². The molecule has 0 radical (unpaired) electrons. The van der Waals surface area contributed by atoms with Gasteiger partial charge in [0.2, 0.25) is 11.6 Å². The number of hydrogen-bond acceptors (Lipinski definition) is 6. The first-order valence-electron chi connectivity index (χ1n) is 7.96. The van der Waals surface area contributed by atoms with Gasteiger partial charge in [0.1, 0.15) is 0 Å². The van der Waals surface area contributed by atoms with Crippen molar-refractivity contribution >= 4 is 11.6 Å². The van der Waals surface area contributed by atoms with E-state index in [4.69, 9.17) is 6.42 Å². The fourth-order valence-electron chi connectivity index (χ4n) is 2.59. The van der Waals surface area contributed by atoms with Gasteiger partial charge in [0.05, 0.1) is 6.54 Å².